The highest BCUT2D eigenvalue weighted by Crippen LogP contribution is 2.30. The summed E-state index contributed by atoms with van der Waals surface area (Å²) in [5.41, 5.74) is -0.397. The first-order chi connectivity index (χ1) is 10.3. The smallest absolute Gasteiger partial charge is 0.326 e. The molecule has 0 aromatic heterocycles. The average Bonchev–Trinajstić information content (AvgIpc) is 2.70. The topological polar surface area (TPSA) is 38.3 Å². The summed E-state index contributed by atoms with van der Waals surface area (Å²) < 4.78 is 5.45. The number of carbonyl (C=O) groups excluding carboxylic acids is 1. The molecule has 122 valence electrons. The van der Waals surface area contributed by atoms with Crippen molar-refractivity contribution >= 4 is 5.97 Å². The number of carbonyl (C=O) groups is 1. The Morgan fingerprint density at radius 2 is 1.48 bits per heavy atom. The number of rotatable bonds is 4. The third-order valence-corrected chi connectivity index (χ3v) is 5.21. The van der Waals surface area contributed by atoms with Crippen LogP contribution in [0.2, 0.25) is 0 Å². The molecule has 0 aromatic rings. The van der Waals surface area contributed by atoms with E-state index in [-0.39, 0.29) is 5.97 Å². The van der Waals surface area contributed by atoms with Crippen molar-refractivity contribution in [1.82, 2.24) is 5.32 Å². The van der Waals surface area contributed by atoms with E-state index in [0.717, 1.165) is 25.7 Å². The van der Waals surface area contributed by atoms with Gasteiger partial charge in [0.05, 0.1) is 6.61 Å². The number of hydrogen-bond donors (Lipinski definition) is 1. The lowest BCUT2D eigenvalue weighted by molar-refractivity contribution is -0.152. The fraction of sp³-hybridized carbons (Fsp3) is 0.944. The van der Waals surface area contributed by atoms with Crippen molar-refractivity contribution in [1.29, 1.82) is 0 Å². The summed E-state index contributed by atoms with van der Waals surface area (Å²) in [6.45, 7) is 2.41. The van der Waals surface area contributed by atoms with Crippen molar-refractivity contribution in [2.45, 2.75) is 102 Å². The van der Waals surface area contributed by atoms with Crippen LogP contribution in [0.1, 0.15) is 90.4 Å². The fourth-order valence-electron chi connectivity index (χ4n) is 4.00. The van der Waals surface area contributed by atoms with Gasteiger partial charge in [-0.15, -0.1) is 0 Å². The molecule has 0 heterocycles. The van der Waals surface area contributed by atoms with Crippen LogP contribution in [0.15, 0.2) is 0 Å². The Hall–Kier alpha value is -0.570. The summed E-state index contributed by atoms with van der Waals surface area (Å²) >= 11 is 0. The summed E-state index contributed by atoms with van der Waals surface area (Å²) in [5.74, 6) is 0.0103. The van der Waals surface area contributed by atoms with Gasteiger partial charge in [-0.3, -0.25) is 10.1 Å². The van der Waals surface area contributed by atoms with Gasteiger partial charge in [0.2, 0.25) is 0 Å². The minimum atomic E-state index is -0.397. The molecule has 21 heavy (non-hydrogen) atoms. The Labute approximate surface area is 130 Å². The van der Waals surface area contributed by atoms with E-state index in [4.69, 9.17) is 4.74 Å². The highest BCUT2D eigenvalue weighted by atomic mass is 16.5. The van der Waals surface area contributed by atoms with Gasteiger partial charge in [-0.25, -0.2) is 0 Å². The Morgan fingerprint density at radius 3 is 2.05 bits per heavy atom. The lowest BCUT2D eigenvalue weighted by Gasteiger charge is -2.37. The second kappa shape index (κ2) is 8.77. The van der Waals surface area contributed by atoms with Gasteiger partial charge in [0.1, 0.15) is 5.54 Å². The van der Waals surface area contributed by atoms with Crippen molar-refractivity contribution in [3.05, 3.63) is 0 Å². The van der Waals surface area contributed by atoms with E-state index in [0.29, 0.717) is 12.6 Å². The van der Waals surface area contributed by atoms with E-state index in [1.54, 1.807) is 0 Å². The predicted octanol–water partition coefficient (Wildman–Crippen LogP) is 4.35. The zero-order valence-electron chi connectivity index (χ0n) is 13.8. The second-order valence-electron chi connectivity index (χ2n) is 6.90. The average molecular weight is 295 g/mol. The minimum absolute atomic E-state index is 0.0103. The molecule has 3 heteroatoms. The molecule has 1 N–H and O–H groups in total. The minimum Gasteiger partial charge on any atom is -0.465 e. The van der Waals surface area contributed by atoms with Gasteiger partial charge >= 0.3 is 5.97 Å². The van der Waals surface area contributed by atoms with E-state index < -0.39 is 5.54 Å². The van der Waals surface area contributed by atoms with Gasteiger partial charge < -0.3 is 4.74 Å². The molecule has 3 nitrogen and oxygen atoms in total. The van der Waals surface area contributed by atoms with E-state index in [1.165, 1.54) is 57.8 Å². The van der Waals surface area contributed by atoms with Crippen LogP contribution >= 0.6 is 0 Å². The van der Waals surface area contributed by atoms with E-state index in [1.807, 2.05) is 6.92 Å². The SMILES string of the molecule is CCOC(=O)C1(NC2CCCCCC2)CCCCCCC1. The monoisotopic (exact) mass is 295 g/mol. The van der Waals surface area contributed by atoms with Crippen molar-refractivity contribution in [3.63, 3.8) is 0 Å². The van der Waals surface area contributed by atoms with Crippen molar-refractivity contribution < 1.29 is 9.53 Å². The highest BCUT2D eigenvalue weighted by molar-refractivity contribution is 5.81. The maximum atomic E-state index is 12.7. The number of hydrogen-bond acceptors (Lipinski definition) is 3. The third kappa shape index (κ3) is 4.98. The summed E-state index contributed by atoms with van der Waals surface area (Å²) in [6, 6.07) is 0.510. The number of ether oxygens (including phenoxy) is 1. The molecular formula is C18H33NO2. The highest BCUT2D eigenvalue weighted by Gasteiger charge is 2.40. The molecule has 2 aliphatic carbocycles. The van der Waals surface area contributed by atoms with Crippen LogP contribution in [0.5, 0.6) is 0 Å². The molecule has 0 aromatic carbocycles. The summed E-state index contributed by atoms with van der Waals surface area (Å²) in [6.07, 6.45) is 15.8. The van der Waals surface area contributed by atoms with Gasteiger partial charge in [0, 0.05) is 6.04 Å². The zero-order valence-corrected chi connectivity index (χ0v) is 13.8. The first kappa shape index (κ1) is 16.8. The van der Waals surface area contributed by atoms with Crippen LogP contribution in [0.4, 0.5) is 0 Å². The van der Waals surface area contributed by atoms with Gasteiger partial charge in [-0.2, -0.15) is 0 Å². The molecule has 0 radical (unpaired) electrons. The molecule has 0 atom stereocenters. The van der Waals surface area contributed by atoms with Crippen LogP contribution in [-0.4, -0.2) is 24.2 Å². The Morgan fingerprint density at radius 1 is 0.952 bits per heavy atom. The van der Waals surface area contributed by atoms with Crippen molar-refractivity contribution in [2.75, 3.05) is 6.61 Å². The summed E-state index contributed by atoms with van der Waals surface area (Å²) in [7, 11) is 0. The normalized spacial score (nSPS) is 24.6. The van der Waals surface area contributed by atoms with Crippen LogP contribution in [0.25, 0.3) is 0 Å². The quantitative estimate of drug-likeness (QED) is 0.619. The lowest BCUT2D eigenvalue weighted by atomic mass is 9.82. The first-order valence-electron chi connectivity index (χ1n) is 9.22. The van der Waals surface area contributed by atoms with Crippen LogP contribution in [-0.2, 0) is 9.53 Å². The van der Waals surface area contributed by atoms with Gasteiger partial charge in [-0.1, -0.05) is 57.8 Å². The maximum absolute atomic E-state index is 12.7. The number of nitrogens with one attached hydrogen (secondary N) is 1. The second-order valence-corrected chi connectivity index (χ2v) is 6.90. The zero-order chi connectivity index (χ0) is 15.0. The molecule has 2 fully saturated rings. The molecule has 0 spiro atoms. The largest absolute Gasteiger partial charge is 0.465 e. The van der Waals surface area contributed by atoms with Gasteiger partial charge in [0.15, 0.2) is 0 Å². The van der Waals surface area contributed by atoms with Gasteiger partial charge in [-0.05, 0) is 32.6 Å². The summed E-state index contributed by atoms with van der Waals surface area (Å²) in [5, 5.41) is 3.79. The molecule has 2 aliphatic rings. The number of esters is 1. The van der Waals surface area contributed by atoms with E-state index >= 15 is 0 Å². The Bertz CT molecular complexity index is 300. The molecule has 0 amide bonds. The molecule has 0 saturated heterocycles. The van der Waals surface area contributed by atoms with Crippen LogP contribution in [0.3, 0.4) is 0 Å². The molecule has 2 saturated carbocycles. The third-order valence-electron chi connectivity index (χ3n) is 5.21. The molecule has 0 bridgehead atoms. The molecular weight excluding hydrogens is 262 g/mol. The van der Waals surface area contributed by atoms with Gasteiger partial charge in [0.25, 0.3) is 0 Å². The molecule has 0 aliphatic heterocycles. The van der Waals surface area contributed by atoms with E-state index in [9.17, 15) is 4.79 Å². The first-order valence-corrected chi connectivity index (χ1v) is 9.22. The lowest BCUT2D eigenvalue weighted by Crippen LogP contribution is -2.57. The fourth-order valence-corrected chi connectivity index (χ4v) is 4.00. The van der Waals surface area contributed by atoms with Crippen LogP contribution in [0, 0.1) is 0 Å². The predicted molar refractivity (Wildman–Crippen MR) is 86.3 cm³/mol. The van der Waals surface area contributed by atoms with Crippen LogP contribution < -0.4 is 5.32 Å². The molecule has 2 rings (SSSR count). The Balaban J connectivity index is 2.06. The maximum Gasteiger partial charge on any atom is 0.326 e. The summed E-state index contributed by atoms with van der Waals surface area (Å²) in [4.78, 5) is 12.7. The Kier molecular flexibility index (Phi) is 7.01. The standard InChI is InChI=1S/C18H33NO2/c1-2-21-17(20)18(14-10-6-3-7-11-15-18)19-16-12-8-4-5-9-13-16/h16,19H,2-15H2,1H3. The molecule has 0 unspecified atom stereocenters. The van der Waals surface area contributed by atoms with E-state index in [2.05, 4.69) is 5.32 Å². The van der Waals surface area contributed by atoms with Crippen molar-refractivity contribution in [2.24, 2.45) is 0 Å². The van der Waals surface area contributed by atoms with Crippen molar-refractivity contribution in [3.8, 4) is 0 Å².